The van der Waals surface area contributed by atoms with Crippen LogP contribution in [0.1, 0.15) is 11.1 Å². The Morgan fingerprint density at radius 2 is 1.95 bits per heavy atom. The largest absolute Gasteiger partial charge is 0.504 e. The van der Waals surface area contributed by atoms with Gasteiger partial charge in [0.2, 0.25) is 0 Å². The zero-order valence-corrected chi connectivity index (χ0v) is 12.5. The van der Waals surface area contributed by atoms with Crippen molar-refractivity contribution < 1.29 is 19.7 Å². The fraction of sp³-hybridized carbons (Fsp3) is 0.118. The van der Waals surface area contributed by atoms with Crippen LogP contribution in [0.4, 0.5) is 0 Å². The Bertz CT molecular complexity index is 695. The van der Waals surface area contributed by atoms with E-state index < -0.39 is 5.97 Å². The van der Waals surface area contributed by atoms with Gasteiger partial charge in [-0.2, -0.15) is 0 Å². The van der Waals surface area contributed by atoms with Crippen LogP contribution in [0.15, 0.2) is 48.5 Å². The number of halogens is 1. The van der Waals surface area contributed by atoms with Gasteiger partial charge < -0.3 is 14.9 Å². The molecule has 0 aliphatic heterocycles. The van der Waals surface area contributed by atoms with E-state index in [2.05, 4.69) is 0 Å². The van der Waals surface area contributed by atoms with Crippen LogP contribution in [-0.2, 0) is 16.0 Å². The molecule has 2 N–H and O–H groups in total. The average molecular weight is 319 g/mol. The topological polar surface area (TPSA) is 66.8 Å². The van der Waals surface area contributed by atoms with Gasteiger partial charge in [-0.1, -0.05) is 29.8 Å². The van der Waals surface area contributed by atoms with Crippen LogP contribution in [0.2, 0.25) is 5.02 Å². The maximum Gasteiger partial charge on any atom is 0.330 e. The third-order valence-corrected chi connectivity index (χ3v) is 3.17. The number of esters is 1. The van der Waals surface area contributed by atoms with Gasteiger partial charge in [0, 0.05) is 17.5 Å². The summed E-state index contributed by atoms with van der Waals surface area (Å²) in [7, 11) is 0. The normalized spacial score (nSPS) is 10.8. The van der Waals surface area contributed by atoms with Crippen LogP contribution in [0.25, 0.3) is 6.08 Å². The molecular weight excluding hydrogens is 304 g/mol. The Balaban J connectivity index is 1.82. The highest BCUT2D eigenvalue weighted by Gasteiger charge is 2.01. The Morgan fingerprint density at radius 3 is 2.68 bits per heavy atom. The Labute approximate surface area is 133 Å². The molecule has 0 saturated carbocycles. The van der Waals surface area contributed by atoms with E-state index in [4.69, 9.17) is 16.3 Å². The summed E-state index contributed by atoms with van der Waals surface area (Å²) in [6, 6.07) is 11.6. The number of ether oxygens (including phenoxy) is 1. The van der Waals surface area contributed by atoms with Crippen molar-refractivity contribution in [1.29, 1.82) is 0 Å². The summed E-state index contributed by atoms with van der Waals surface area (Å²) in [5, 5.41) is 19.2. The summed E-state index contributed by atoms with van der Waals surface area (Å²) in [5.74, 6) is -0.924. The van der Waals surface area contributed by atoms with E-state index in [0.717, 1.165) is 5.56 Å². The summed E-state index contributed by atoms with van der Waals surface area (Å²) in [4.78, 5) is 11.6. The molecular formula is C17H15ClO4. The fourth-order valence-electron chi connectivity index (χ4n) is 1.82. The van der Waals surface area contributed by atoms with Gasteiger partial charge in [-0.05, 0) is 41.5 Å². The lowest BCUT2D eigenvalue weighted by Crippen LogP contribution is -2.04. The first-order valence-electron chi connectivity index (χ1n) is 6.66. The summed E-state index contributed by atoms with van der Waals surface area (Å²) in [6.45, 7) is 0.254. The summed E-state index contributed by atoms with van der Waals surface area (Å²) in [5.41, 5.74) is 1.58. The minimum atomic E-state index is -0.477. The molecule has 0 spiro atoms. The van der Waals surface area contributed by atoms with Crippen molar-refractivity contribution >= 4 is 23.6 Å². The summed E-state index contributed by atoms with van der Waals surface area (Å²) < 4.78 is 5.08. The predicted octanol–water partition coefficient (Wildman–Crippen LogP) is 3.55. The van der Waals surface area contributed by atoms with Crippen LogP contribution < -0.4 is 0 Å². The van der Waals surface area contributed by atoms with Crippen LogP contribution in [-0.4, -0.2) is 22.8 Å². The minimum Gasteiger partial charge on any atom is -0.504 e. The van der Waals surface area contributed by atoms with Gasteiger partial charge in [-0.15, -0.1) is 0 Å². The van der Waals surface area contributed by atoms with Crippen molar-refractivity contribution in [3.05, 3.63) is 64.7 Å². The number of benzene rings is 2. The Hall–Kier alpha value is -2.46. The van der Waals surface area contributed by atoms with Gasteiger partial charge in [0.05, 0.1) is 6.61 Å². The van der Waals surface area contributed by atoms with Crippen molar-refractivity contribution in [2.45, 2.75) is 6.42 Å². The van der Waals surface area contributed by atoms with Crippen LogP contribution >= 0.6 is 11.6 Å². The molecule has 2 aromatic rings. The first-order chi connectivity index (χ1) is 10.5. The molecule has 0 heterocycles. The Kier molecular flexibility index (Phi) is 5.44. The second-order valence-electron chi connectivity index (χ2n) is 4.63. The van der Waals surface area contributed by atoms with E-state index in [1.54, 1.807) is 12.1 Å². The van der Waals surface area contributed by atoms with Crippen molar-refractivity contribution in [2.24, 2.45) is 0 Å². The highest BCUT2D eigenvalue weighted by atomic mass is 35.5. The molecule has 0 aliphatic rings. The first kappa shape index (κ1) is 15.9. The van der Waals surface area contributed by atoms with E-state index in [-0.39, 0.29) is 18.1 Å². The van der Waals surface area contributed by atoms with Crippen molar-refractivity contribution in [3.63, 3.8) is 0 Å². The summed E-state index contributed by atoms with van der Waals surface area (Å²) >= 11 is 5.87. The highest BCUT2D eigenvalue weighted by molar-refractivity contribution is 6.30. The molecule has 0 atom stereocenters. The smallest absolute Gasteiger partial charge is 0.330 e. The molecule has 0 radical (unpaired) electrons. The van der Waals surface area contributed by atoms with Crippen LogP contribution in [0, 0.1) is 0 Å². The van der Waals surface area contributed by atoms with Crippen LogP contribution in [0.5, 0.6) is 11.5 Å². The highest BCUT2D eigenvalue weighted by Crippen LogP contribution is 2.25. The van der Waals surface area contributed by atoms with E-state index in [1.807, 2.05) is 18.2 Å². The number of aromatic hydroxyl groups is 2. The van der Waals surface area contributed by atoms with E-state index in [9.17, 15) is 15.0 Å². The minimum absolute atomic E-state index is 0.207. The van der Waals surface area contributed by atoms with E-state index >= 15 is 0 Å². The molecule has 0 saturated heterocycles. The van der Waals surface area contributed by atoms with Crippen molar-refractivity contribution in [1.82, 2.24) is 0 Å². The second-order valence-corrected chi connectivity index (χ2v) is 5.07. The molecule has 0 bridgehead atoms. The van der Waals surface area contributed by atoms with E-state index in [0.29, 0.717) is 17.0 Å². The molecule has 2 aromatic carbocycles. The zero-order chi connectivity index (χ0) is 15.9. The lowest BCUT2D eigenvalue weighted by molar-refractivity contribution is -0.137. The standard InChI is InChI=1S/C17H15ClO4/c18-14-3-1-2-12(10-14)8-9-22-17(21)7-5-13-4-6-15(19)16(20)11-13/h1-7,10-11,19-20H,8-9H2/b7-5+. The van der Waals surface area contributed by atoms with Gasteiger partial charge in [0.1, 0.15) is 0 Å². The quantitative estimate of drug-likeness (QED) is 0.502. The molecule has 4 nitrogen and oxygen atoms in total. The van der Waals surface area contributed by atoms with Gasteiger partial charge >= 0.3 is 5.97 Å². The first-order valence-corrected chi connectivity index (χ1v) is 7.03. The predicted molar refractivity (Wildman–Crippen MR) is 84.9 cm³/mol. The SMILES string of the molecule is O=C(/C=C/c1ccc(O)c(O)c1)OCCc1cccc(Cl)c1. The van der Waals surface area contributed by atoms with Crippen molar-refractivity contribution in [2.75, 3.05) is 6.61 Å². The second kappa shape index (κ2) is 7.52. The number of phenolic OH excluding ortho intramolecular Hbond substituents is 2. The fourth-order valence-corrected chi connectivity index (χ4v) is 2.03. The number of rotatable bonds is 5. The number of carbonyl (C=O) groups excluding carboxylic acids is 1. The van der Waals surface area contributed by atoms with Crippen LogP contribution in [0.3, 0.4) is 0 Å². The summed E-state index contributed by atoms with van der Waals surface area (Å²) in [6.07, 6.45) is 3.35. The van der Waals surface area contributed by atoms with E-state index in [1.165, 1.54) is 24.3 Å². The maximum absolute atomic E-state index is 11.6. The number of phenols is 2. The molecule has 0 amide bonds. The third-order valence-electron chi connectivity index (χ3n) is 2.94. The van der Waals surface area contributed by atoms with Gasteiger partial charge in [-0.25, -0.2) is 4.79 Å². The van der Waals surface area contributed by atoms with Gasteiger partial charge in [0.15, 0.2) is 11.5 Å². The molecule has 0 fully saturated rings. The lowest BCUT2D eigenvalue weighted by Gasteiger charge is -2.03. The Morgan fingerprint density at radius 1 is 1.14 bits per heavy atom. The maximum atomic E-state index is 11.6. The van der Waals surface area contributed by atoms with Crippen molar-refractivity contribution in [3.8, 4) is 11.5 Å². The molecule has 0 unspecified atom stereocenters. The average Bonchev–Trinajstić information content (AvgIpc) is 2.48. The molecule has 114 valence electrons. The number of hydrogen-bond acceptors (Lipinski definition) is 4. The number of hydrogen-bond donors (Lipinski definition) is 2. The monoisotopic (exact) mass is 318 g/mol. The molecule has 22 heavy (non-hydrogen) atoms. The molecule has 5 heteroatoms. The third kappa shape index (κ3) is 4.82. The molecule has 2 rings (SSSR count). The lowest BCUT2D eigenvalue weighted by atomic mass is 10.2. The zero-order valence-electron chi connectivity index (χ0n) is 11.7. The molecule has 0 aliphatic carbocycles. The van der Waals surface area contributed by atoms with Gasteiger partial charge in [0.25, 0.3) is 0 Å². The number of carbonyl (C=O) groups is 1. The molecule has 0 aromatic heterocycles. The van der Waals surface area contributed by atoms with Gasteiger partial charge in [-0.3, -0.25) is 0 Å².